The smallest absolute Gasteiger partial charge is 0.0534 e. The van der Waals surface area contributed by atoms with Crippen LogP contribution >= 0.6 is 0 Å². The summed E-state index contributed by atoms with van der Waals surface area (Å²) in [7, 11) is 0. The number of unbranched alkanes of at least 4 members (excludes halogenated alkanes) is 3. The van der Waals surface area contributed by atoms with Gasteiger partial charge < -0.3 is 10.1 Å². The summed E-state index contributed by atoms with van der Waals surface area (Å²) in [6.07, 6.45) is 9.35. The molecule has 1 rings (SSSR count). The molecule has 0 radical (unpaired) electrons. The number of nitrogens with one attached hydrogen (secondary N) is 1. The first-order chi connectivity index (χ1) is 8.47. The predicted octanol–water partition coefficient (Wildman–Crippen LogP) is 4.14. The van der Waals surface area contributed by atoms with Crippen molar-refractivity contribution in [2.24, 2.45) is 5.41 Å². The van der Waals surface area contributed by atoms with E-state index in [9.17, 15) is 0 Å². The van der Waals surface area contributed by atoms with Crippen molar-refractivity contribution in [3.05, 3.63) is 0 Å². The van der Waals surface area contributed by atoms with Crippen LogP contribution in [0.4, 0.5) is 0 Å². The number of hydrogen-bond acceptors (Lipinski definition) is 2. The molecule has 108 valence electrons. The molecule has 1 aliphatic heterocycles. The van der Waals surface area contributed by atoms with Crippen molar-refractivity contribution in [1.82, 2.24) is 5.32 Å². The maximum absolute atomic E-state index is 5.77. The Kier molecular flexibility index (Phi) is 6.65. The third-order valence-corrected chi connectivity index (χ3v) is 3.96. The lowest BCUT2D eigenvalue weighted by Crippen LogP contribution is -2.47. The van der Waals surface area contributed by atoms with Gasteiger partial charge in [0.05, 0.1) is 6.61 Å². The normalized spacial score (nSPS) is 25.3. The highest BCUT2D eigenvalue weighted by Gasteiger charge is 2.33. The number of hydrogen-bond donors (Lipinski definition) is 1. The van der Waals surface area contributed by atoms with Gasteiger partial charge in [0, 0.05) is 24.1 Å². The van der Waals surface area contributed by atoms with Crippen LogP contribution in [0.15, 0.2) is 0 Å². The molecule has 1 atom stereocenters. The van der Waals surface area contributed by atoms with Gasteiger partial charge in [-0.15, -0.1) is 0 Å². The Morgan fingerprint density at radius 1 is 1.17 bits per heavy atom. The van der Waals surface area contributed by atoms with Gasteiger partial charge >= 0.3 is 0 Å². The number of rotatable bonds is 7. The molecule has 1 saturated heterocycles. The van der Waals surface area contributed by atoms with Crippen LogP contribution < -0.4 is 5.32 Å². The molecule has 1 aliphatic rings. The molecule has 1 fully saturated rings. The van der Waals surface area contributed by atoms with E-state index in [1.165, 1.54) is 44.9 Å². The Hall–Kier alpha value is -0.0800. The maximum atomic E-state index is 5.77. The van der Waals surface area contributed by atoms with Crippen molar-refractivity contribution < 1.29 is 4.74 Å². The average Bonchev–Trinajstić information content (AvgIpc) is 2.33. The van der Waals surface area contributed by atoms with Gasteiger partial charge in [-0.1, -0.05) is 32.6 Å². The summed E-state index contributed by atoms with van der Waals surface area (Å²) in [6, 6.07) is 0. The topological polar surface area (TPSA) is 21.3 Å². The Morgan fingerprint density at radius 2 is 1.94 bits per heavy atom. The van der Waals surface area contributed by atoms with E-state index in [2.05, 4.69) is 33.0 Å². The van der Waals surface area contributed by atoms with E-state index >= 15 is 0 Å². The molecule has 0 aliphatic carbocycles. The summed E-state index contributed by atoms with van der Waals surface area (Å²) >= 11 is 0. The van der Waals surface area contributed by atoms with Gasteiger partial charge in [-0.05, 0) is 40.0 Å². The van der Waals surface area contributed by atoms with Crippen molar-refractivity contribution in [1.29, 1.82) is 0 Å². The second kappa shape index (κ2) is 7.49. The molecule has 1 N–H and O–H groups in total. The minimum absolute atomic E-state index is 0.216. The molecule has 0 amide bonds. The van der Waals surface area contributed by atoms with Crippen LogP contribution in [0, 0.1) is 5.41 Å². The van der Waals surface area contributed by atoms with Crippen molar-refractivity contribution in [2.75, 3.05) is 19.8 Å². The van der Waals surface area contributed by atoms with Gasteiger partial charge in [0.1, 0.15) is 0 Å². The van der Waals surface area contributed by atoms with Crippen LogP contribution in [-0.4, -0.2) is 25.3 Å². The monoisotopic (exact) mass is 255 g/mol. The second-order valence-corrected chi connectivity index (χ2v) is 7.07. The van der Waals surface area contributed by atoms with Crippen LogP contribution in [-0.2, 0) is 4.74 Å². The van der Waals surface area contributed by atoms with E-state index in [-0.39, 0.29) is 5.54 Å². The predicted molar refractivity (Wildman–Crippen MR) is 79.0 cm³/mol. The minimum Gasteiger partial charge on any atom is -0.381 e. The Morgan fingerprint density at radius 3 is 2.50 bits per heavy atom. The molecule has 2 heteroatoms. The second-order valence-electron chi connectivity index (χ2n) is 7.07. The third-order valence-electron chi connectivity index (χ3n) is 3.96. The summed E-state index contributed by atoms with van der Waals surface area (Å²) in [6.45, 7) is 12.1. The van der Waals surface area contributed by atoms with Gasteiger partial charge in [-0.2, -0.15) is 0 Å². The van der Waals surface area contributed by atoms with Gasteiger partial charge in [0.25, 0.3) is 0 Å². The van der Waals surface area contributed by atoms with Crippen molar-refractivity contribution in [3.8, 4) is 0 Å². The highest BCUT2D eigenvalue weighted by molar-refractivity contribution is 4.86. The van der Waals surface area contributed by atoms with E-state index in [1.54, 1.807) is 0 Å². The van der Waals surface area contributed by atoms with Crippen LogP contribution in [0.5, 0.6) is 0 Å². The molecule has 18 heavy (non-hydrogen) atoms. The first kappa shape index (κ1) is 16.0. The van der Waals surface area contributed by atoms with E-state index in [0.29, 0.717) is 5.41 Å². The third kappa shape index (κ3) is 6.19. The standard InChI is InChI=1S/C16H33NO/c1-5-6-7-8-10-16(11-9-12-18-14-16)13-17-15(2,3)4/h17H,5-14H2,1-4H3. The van der Waals surface area contributed by atoms with Gasteiger partial charge in [0.2, 0.25) is 0 Å². The fourth-order valence-electron chi connectivity index (χ4n) is 2.71. The van der Waals surface area contributed by atoms with E-state index in [4.69, 9.17) is 4.74 Å². The minimum atomic E-state index is 0.216. The average molecular weight is 255 g/mol. The molecule has 0 aromatic heterocycles. The summed E-state index contributed by atoms with van der Waals surface area (Å²) in [5.74, 6) is 0. The summed E-state index contributed by atoms with van der Waals surface area (Å²) in [5, 5.41) is 3.69. The summed E-state index contributed by atoms with van der Waals surface area (Å²) in [4.78, 5) is 0. The highest BCUT2D eigenvalue weighted by atomic mass is 16.5. The van der Waals surface area contributed by atoms with Crippen LogP contribution in [0.1, 0.15) is 72.6 Å². The molecule has 2 nitrogen and oxygen atoms in total. The molecular weight excluding hydrogens is 222 g/mol. The van der Waals surface area contributed by atoms with Crippen molar-refractivity contribution >= 4 is 0 Å². The summed E-state index contributed by atoms with van der Waals surface area (Å²) < 4.78 is 5.77. The first-order valence-corrected chi connectivity index (χ1v) is 7.80. The van der Waals surface area contributed by atoms with Crippen LogP contribution in [0.2, 0.25) is 0 Å². The highest BCUT2D eigenvalue weighted by Crippen LogP contribution is 2.34. The maximum Gasteiger partial charge on any atom is 0.0534 e. The molecule has 0 bridgehead atoms. The number of ether oxygens (including phenoxy) is 1. The molecule has 0 aromatic rings. The van der Waals surface area contributed by atoms with Gasteiger partial charge in [-0.25, -0.2) is 0 Å². The van der Waals surface area contributed by atoms with Crippen molar-refractivity contribution in [2.45, 2.75) is 78.2 Å². The largest absolute Gasteiger partial charge is 0.381 e. The SMILES string of the molecule is CCCCCCC1(CNC(C)(C)C)CCCOC1. The molecule has 0 spiro atoms. The Labute approximate surface area is 114 Å². The zero-order valence-electron chi connectivity index (χ0n) is 13.0. The van der Waals surface area contributed by atoms with Crippen molar-refractivity contribution in [3.63, 3.8) is 0 Å². The van der Waals surface area contributed by atoms with E-state index < -0.39 is 0 Å². The van der Waals surface area contributed by atoms with Gasteiger partial charge in [0.15, 0.2) is 0 Å². The lowest BCUT2D eigenvalue weighted by atomic mass is 9.77. The summed E-state index contributed by atoms with van der Waals surface area (Å²) in [5.41, 5.74) is 0.618. The Bertz CT molecular complexity index is 214. The van der Waals surface area contributed by atoms with E-state index in [0.717, 1.165) is 19.8 Å². The molecular formula is C16H33NO. The fourth-order valence-corrected chi connectivity index (χ4v) is 2.71. The molecule has 0 saturated carbocycles. The molecule has 1 unspecified atom stereocenters. The molecule has 0 aromatic carbocycles. The fraction of sp³-hybridized carbons (Fsp3) is 1.00. The van der Waals surface area contributed by atoms with E-state index in [1.807, 2.05) is 0 Å². The lowest BCUT2D eigenvalue weighted by molar-refractivity contribution is -0.0161. The molecule has 1 heterocycles. The van der Waals surface area contributed by atoms with Crippen LogP contribution in [0.3, 0.4) is 0 Å². The zero-order chi connectivity index (χ0) is 13.5. The zero-order valence-corrected chi connectivity index (χ0v) is 13.0. The first-order valence-electron chi connectivity index (χ1n) is 7.80. The quantitative estimate of drug-likeness (QED) is 0.690. The lowest BCUT2D eigenvalue weighted by Gasteiger charge is -2.39. The van der Waals surface area contributed by atoms with Gasteiger partial charge in [-0.3, -0.25) is 0 Å². The Balaban J connectivity index is 2.41. The van der Waals surface area contributed by atoms with Crippen LogP contribution in [0.25, 0.3) is 0 Å².